The fraction of sp³-hybridized carbons (Fsp3) is 0.348. The molecule has 0 aliphatic rings. The van der Waals surface area contributed by atoms with Gasteiger partial charge in [0.05, 0.1) is 34.0 Å². The second-order valence-electron chi connectivity index (χ2n) is 8.28. The number of aromatic nitrogens is 5. The van der Waals surface area contributed by atoms with Crippen LogP contribution in [0.5, 0.6) is 0 Å². The summed E-state index contributed by atoms with van der Waals surface area (Å²) in [5, 5.41) is 7.86. The molecule has 4 rings (SSSR count). The van der Waals surface area contributed by atoms with Crippen LogP contribution in [0.15, 0.2) is 29.1 Å². The minimum absolute atomic E-state index is 0.115. The number of carbonyl (C=O) groups is 1. The summed E-state index contributed by atoms with van der Waals surface area (Å²) in [5.74, 6) is 0.599. The smallest absolute Gasteiger partial charge is 0.277 e. The van der Waals surface area contributed by atoms with Crippen molar-refractivity contribution in [1.29, 1.82) is 0 Å². The lowest BCUT2D eigenvalue weighted by Crippen LogP contribution is -2.32. The van der Waals surface area contributed by atoms with Crippen LogP contribution in [0.4, 0.5) is 0 Å². The van der Waals surface area contributed by atoms with Gasteiger partial charge in [0.15, 0.2) is 0 Å². The Labute approximate surface area is 189 Å². The van der Waals surface area contributed by atoms with Crippen molar-refractivity contribution in [2.45, 2.75) is 40.7 Å². The maximum absolute atomic E-state index is 13.2. The lowest BCUT2D eigenvalue weighted by Gasteiger charge is -2.20. The molecular formula is C23H26N6O2S. The first-order chi connectivity index (χ1) is 15.2. The van der Waals surface area contributed by atoms with Gasteiger partial charge in [0, 0.05) is 7.05 Å². The normalized spacial score (nSPS) is 12.5. The maximum atomic E-state index is 13.2. The van der Waals surface area contributed by atoms with E-state index >= 15 is 0 Å². The molecule has 9 heteroatoms. The first kappa shape index (κ1) is 21.9. The predicted octanol–water partition coefficient (Wildman–Crippen LogP) is 3.83. The Morgan fingerprint density at radius 3 is 2.53 bits per heavy atom. The number of hydrogen-bond acceptors (Lipinski definition) is 6. The number of H-pyrrole nitrogens is 1. The minimum atomic E-state index is -0.294. The van der Waals surface area contributed by atoms with Crippen LogP contribution in [0.1, 0.15) is 52.3 Å². The van der Waals surface area contributed by atoms with E-state index < -0.39 is 0 Å². The van der Waals surface area contributed by atoms with Crippen LogP contribution in [0.2, 0.25) is 0 Å². The summed E-state index contributed by atoms with van der Waals surface area (Å²) in [6, 6.07) is 7.49. The second-order valence-corrected chi connectivity index (χ2v) is 9.28. The van der Waals surface area contributed by atoms with Gasteiger partial charge < -0.3 is 10.3 Å². The van der Waals surface area contributed by atoms with E-state index in [2.05, 4.69) is 25.4 Å². The average molecular weight is 451 g/mol. The van der Waals surface area contributed by atoms with Gasteiger partial charge in [-0.1, -0.05) is 26.0 Å². The maximum Gasteiger partial charge on any atom is 0.277 e. The molecular weight excluding hydrogens is 424 g/mol. The second kappa shape index (κ2) is 8.31. The fourth-order valence-electron chi connectivity index (χ4n) is 3.69. The van der Waals surface area contributed by atoms with Gasteiger partial charge in [0.25, 0.3) is 11.5 Å². The Balaban J connectivity index is 1.68. The molecule has 8 nitrogen and oxygen atoms in total. The molecule has 4 aromatic rings. The number of fused-ring (bicyclic) bond motifs is 1. The molecule has 0 bridgehead atoms. The van der Waals surface area contributed by atoms with Crippen molar-refractivity contribution >= 4 is 28.3 Å². The van der Waals surface area contributed by atoms with Crippen molar-refractivity contribution in [3.63, 3.8) is 0 Å². The molecule has 0 aliphatic heterocycles. The number of nitrogens with one attached hydrogen (secondary N) is 2. The van der Waals surface area contributed by atoms with Gasteiger partial charge in [-0.05, 0) is 44.4 Å². The third-order valence-electron chi connectivity index (χ3n) is 5.60. The molecule has 0 radical (unpaired) electrons. The zero-order chi connectivity index (χ0) is 23.2. The zero-order valence-corrected chi connectivity index (χ0v) is 19.8. The Morgan fingerprint density at radius 2 is 1.84 bits per heavy atom. The number of aromatic amines is 1. The van der Waals surface area contributed by atoms with Crippen LogP contribution in [0, 0.1) is 26.7 Å². The number of rotatable bonds is 5. The van der Waals surface area contributed by atoms with Gasteiger partial charge in [-0.25, -0.2) is 14.6 Å². The molecule has 1 aromatic carbocycles. The van der Waals surface area contributed by atoms with Gasteiger partial charge in [0.2, 0.25) is 0 Å². The summed E-state index contributed by atoms with van der Waals surface area (Å²) >= 11 is 1.23. The van der Waals surface area contributed by atoms with Crippen molar-refractivity contribution < 1.29 is 4.79 Å². The highest BCUT2D eigenvalue weighted by Crippen LogP contribution is 2.30. The van der Waals surface area contributed by atoms with E-state index in [-0.39, 0.29) is 23.4 Å². The van der Waals surface area contributed by atoms with Crippen molar-refractivity contribution in [3.8, 4) is 10.6 Å². The molecule has 3 aromatic heterocycles. The third kappa shape index (κ3) is 3.84. The van der Waals surface area contributed by atoms with Crippen LogP contribution in [0.25, 0.3) is 21.6 Å². The van der Waals surface area contributed by atoms with E-state index in [0.29, 0.717) is 27.0 Å². The van der Waals surface area contributed by atoms with Crippen LogP contribution in [-0.2, 0) is 7.05 Å². The molecule has 0 aliphatic carbocycles. The van der Waals surface area contributed by atoms with Crippen LogP contribution < -0.4 is 10.9 Å². The molecule has 0 fully saturated rings. The number of thiazole rings is 1. The SMILES string of the molecule is Cc1nc(-c2c(C)c(C)nn(C)c2=O)sc1C(=O)NC(c1nc2ccccc2[nH]1)C(C)C. The predicted molar refractivity (Wildman–Crippen MR) is 126 cm³/mol. The lowest BCUT2D eigenvalue weighted by atomic mass is 10.0. The number of imidazole rings is 1. The third-order valence-corrected chi connectivity index (χ3v) is 6.77. The topological polar surface area (TPSA) is 106 Å². The highest BCUT2D eigenvalue weighted by Gasteiger charge is 2.26. The van der Waals surface area contributed by atoms with Crippen molar-refractivity contribution in [2.75, 3.05) is 0 Å². The highest BCUT2D eigenvalue weighted by atomic mass is 32.1. The van der Waals surface area contributed by atoms with E-state index in [1.165, 1.54) is 16.0 Å². The van der Waals surface area contributed by atoms with Gasteiger partial charge in [-0.15, -0.1) is 11.3 Å². The largest absolute Gasteiger partial charge is 0.341 e. The molecule has 1 amide bonds. The number of carbonyl (C=O) groups excluding carboxylic acids is 1. The number of benzene rings is 1. The summed E-state index contributed by atoms with van der Waals surface area (Å²) in [7, 11) is 1.62. The average Bonchev–Trinajstić information content (AvgIpc) is 3.33. The minimum Gasteiger partial charge on any atom is -0.341 e. The molecule has 32 heavy (non-hydrogen) atoms. The van der Waals surface area contributed by atoms with Crippen molar-refractivity contribution in [3.05, 3.63) is 62.3 Å². The van der Waals surface area contributed by atoms with Crippen LogP contribution in [-0.4, -0.2) is 30.6 Å². The summed E-state index contributed by atoms with van der Waals surface area (Å²) in [5.41, 5.74) is 4.17. The number of para-hydroxylation sites is 2. The number of amides is 1. The quantitative estimate of drug-likeness (QED) is 0.481. The standard InChI is InChI=1S/C23H26N6O2S/c1-11(2)18(20-25-15-9-7-8-10-16(15)26-20)27-21(30)19-14(5)24-22(32-19)17-12(3)13(4)28-29(6)23(17)31/h7-11,18H,1-6H3,(H,25,26)(H,27,30). The molecule has 1 unspecified atom stereocenters. The van der Waals surface area contributed by atoms with Crippen LogP contribution >= 0.6 is 11.3 Å². The Bertz CT molecular complexity index is 1350. The molecule has 166 valence electrons. The lowest BCUT2D eigenvalue weighted by molar-refractivity contribution is 0.0926. The summed E-state index contributed by atoms with van der Waals surface area (Å²) < 4.78 is 1.31. The van der Waals surface area contributed by atoms with E-state index in [4.69, 9.17) is 0 Å². The van der Waals surface area contributed by atoms with Crippen molar-refractivity contribution in [2.24, 2.45) is 13.0 Å². The monoisotopic (exact) mass is 450 g/mol. The molecule has 1 atom stereocenters. The summed E-state index contributed by atoms with van der Waals surface area (Å²) in [6.45, 7) is 9.57. The number of nitrogens with zero attached hydrogens (tertiary/aromatic N) is 4. The zero-order valence-electron chi connectivity index (χ0n) is 19.0. The van der Waals surface area contributed by atoms with Gasteiger partial charge in [0.1, 0.15) is 15.7 Å². The molecule has 2 N–H and O–H groups in total. The van der Waals surface area contributed by atoms with E-state index in [1.54, 1.807) is 14.0 Å². The van der Waals surface area contributed by atoms with Crippen LogP contribution in [0.3, 0.4) is 0 Å². The number of hydrogen-bond donors (Lipinski definition) is 2. The summed E-state index contributed by atoms with van der Waals surface area (Å²) in [4.78, 5) is 39.0. The fourth-order valence-corrected chi connectivity index (χ4v) is 4.76. The van der Waals surface area contributed by atoms with Gasteiger partial charge in [-0.3, -0.25) is 9.59 Å². The van der Waals surface area contributed by atoms with Gasteiger partial charge in [-0.2, -0.15) is 5.10 Å². The Hall–Kier alpha value is -3.33. The molecule has 0 spiro atoms. The number of aryl methyl sites for hydroxylation is 3. The van der Waals surface area contributed by atoms with E-state index in [1.807, 2.05) is 52.0 Å². The van der Waals surface area contributed by atoms with E-state index in [0.717, 1.165) is 22.3 Å². The first-order valence-electron chi connectivity index (χ1n) is 10.4. The first-order valence-corrected chi connectivity index (χ1v) is 11.3. The van der Waals surface area contributed by atoms with Crippen molar-refractivity contribution in [1.82, 2.24) is 30.0 Å². The molecule has 0 saturated carbocycles. The molecule has 3 heterocycles. The Kier molecular flexibility index (Phi) is 5.68. The van der Waals surface area contributed by atoms with E-state index in [9.17, 15) is 9.59 Å². The summed E-state index contributed by atoms with van der Waals surface area (Å²) in [6.07, 6.45) is 0. The molecule has 0 saturated heterocycles. The van der Waals surface area contributed by atoms with Gasteiger partial charge >= 0.3 is 0 Å². The highest BCUT2D eigenvalue weighted by molar-refractivity contribution is 7.17. The Morgan fingerprint density at radius 1 is 1.12 bits per heavy atom.